The summed E-state index contributed by atoms with van der Waals surface area (Å²) < 4.78 is 1.42. The van der Waals surface area contributed by atoms with Crippen LogP contribution in [0.4, 0.5) is 0 Å². The summed E-state index contributed by atoms with van der Waals surface area (Å²) in [4.78, 5) is 12.4. The standard InChI is InChI=1S/C14H25N5OS/c1-8-6-5-7-12(9(8)2)16-13(20)10(3)21-14-18-17-11(4)19(14)15/h8-10,12H,5-7,15H2,1-4H3,(H,16,20). The Balaban J connectivity index is 1.92. The van der Waals surface area contributed by atoms with Gasteiger partial charge in [0.1, 0.15) is 5.82 Å². The number of amides is 1. The van der Waals surface area contributed by atoms with Crippen LogP contribution < -0.4 is 11.2 Å². The van der Waals surface area contributed by atoms with Crippen molar-refractivity contribution in [1.82, 2.24) is 20.2 Å². The highest BCUT2D eigenvalue weighted by Crippen LogP contribution is 2.30. The lowest BCUT2D eigenvalue weighted by Gasteiger charge is -2.35. The Hall–Kier alpha value is -1.24. The predicted octanol–water partition coefficient (Wildman–Crippen LogP) is 1.72. The summed E-state index contributed by atoms with van der Waals surface area (Å²) in [6.07, 6.45) is 3.52. The van der Waals surface area contributed by atoms with Crippen molar-refractivity contribution in [2.45, 2.75) is 63.4 Å². The molecular weight excluding hydrogens is 286 g/mol. The van der Waals surface area contributed by atoms with E-state index in [1.165, 1.54) is 29.3 Å². The summed E-state index contributed by atoms with van der Waals surface area (Å²) in [5.74, 6) is 7.70. The first-order chi connectivity index (χ1) is 9.90. The summed E-state index contributed by atoms with van der Waals surface area (Å²) in [6.45, 7) is 8.15. The van der Waals surface area contributed by atoms with Gasteiger partial charge in [0.15, 0.2) is 0 Å². The summed E-state index contributed by atoms with van der Waals surface area (Å²) in [6, 6.07) is 0.279. The molecule has 1 aliphatic carbocycles. The van der Waals surface area contributed by atoms with E-state index in [-0.39, 0.29) is 17.2 Å². The van der Waals surface area contributed by atoms with E-state index in [2.05, 4.69) is 29.4 Å². The van der Waals surface area contributed by atoms with E-state index in [1.807, 2.05) is 6.92 Å². The second-order valence-corrected chi connectivity index (χ2v) is 7.35. The van der Waals surface area contributed by atoms with Gasteiger partial charge in [0, 0.05) is 6.04 Å². The number of aryl methyl sites for hydroxylation is 1. The van der Waals surface area contributed by atoms with E-state index in [9.17, 15) is 4.79 Å². The molecule has 0 radical (unpaired) electrons. The van der Waals surface area contributed by atoms with Crippen LogP contribution in [-0.2, 0) is 4.79 Å². The molecular formula is C14H25N5OS. The van der Waals surface area contributed by atoms with Crippen LogP contribution in [0.5, 0.6) is 0 Å². The number of aromatic nitrogens is 3. The number of nitrogens with zero attached hydrogens (tertiary/aromatic N) is 3. The Labute approximate surface area is 130 Å². The molecule has 1 aromatic heterocycles. The number of nitrogens with two attached hydrogens (primary N) is 1. The van der Waals surface area contributed by atoms with Gasteiger partial charge in [-0.3, -0.25) is 4.79 Å². The molecule has 2 rings (SSSR count). The number of hydrogen-bond donors (Lipinski definition) is 2. The highest BCUT2D eigenvalue weighted by atomic mass is 32.2. The van der Waals surface area contributed by atoms with Crippen molar-refractivity contribution in [3.63, 3.8) is 0 Å². The molecule has 21 heavy (non-hydrogen) atoms. The Bertz CT molecular complexity index is 504. The quantitative estimate of drug-likeness (QED) is 0.653. The smallest absolute Gasteiger partial charge is 0.233 e. The third-order valence-corrected chi connectivity index (χ3v) is 5.58. The van der Waals surface area contributed by atoms with E-state index >= 15 is 0 Å². The first-order valence-electron chi connectivity index (χ1n) is 7.54. The minimum atomic E-state index is -0.236. The number of nitrogens with one attached hydrogen (secondary N) is 1. The number of hydrogen-bond acceptors (Lipinski definition) is 5. The van der Waals surface area contributed by atoms with Crippen LogP contribution in [0.15, 0.2) is 5.16 Å². The van der Waals surface area contributed by atoms with E-state index in [1.54, 1.807) is 6.92 Å². The van der Waals surface area contributed by atoms with E-state index in [4.69, 9.17) is 5.84 Å². The number of thioether (sulfide) groups is 1. The SMILES string of the molecule is Cc1nnc(SC(C)C(=O)NC2CCCC(C)C2C)n1N. The molecule has 0 saturated heterocycles. The average molecular weight is 311 g/mol. The summed E-state index contributed by atoms with van der Waals surface area (Å²) in [5, 5.41) is 11.4. The van der Waals surface area contributed by atoms with Crippen LogP contribution >= 0.6 is 11.8 Å². The van der Waals surface area contributed by atoms with Crippen LogP contribution in [0.2, 0.25) is 0 Å². The number of carbonyl (C=O) groups excluding carboxylic acids is 1. The van der Waals surface area contributed by atoms with E-state index in [0.29, 0.717) is 22.8 Å². The predicted molar refractivity (Wildman–Crippen MR) is 84.3 cm³/mol. The van der Waals surface area contributed by atoms with E-state index < -0.39 is 0 Å². The van der Waals surface area contributed by atoms with Gasteiger partial charge in [-0.2, -0.15) is 0 Å². The third kappa shape index (κ3) is 3.70. The summed E-state index contributed by atoms with van der Waals surface area (Å²) in [7, 11) is 0. The maximum Gasteiger partial charge on any atom is 0.233 e. The molecule has 0 aliphatic heterocycles. The Morgan fingerprint density at radius 2 is 2.14 bits per heavy atom. The Morgan fingerprint density at radius 3 is 2.76 bits per heavy atom. The lowest BCUT2D eigenvalue weighted by atomic mass is 9.78. The van der Waals surface area contributed by atoms with Crippen LogP contribution in [-0.4, -0.2) is 32.1 Å². The fourth-order valence-electron chi connectivity index (χ4n) is 2.73. The second kappa shape index (κ2) is 6.68. The fraction of sp³-hybridized carbons (Fsp3) is 0.786. The second-order valence-electron chi connectivity index (χ2n) is 6.04. The van der Waals surface area contributed by atoms with Crippen molar-refractivity contribution in [3.05, 3.63) is 5.82 Å². The molecule has 4 unspecified atom stereocenters. The molecule has 1 aromatic rings. The highest BCUT2D eigenvalue weighted by molar-refractivity contribution is 8.00. The van der Waals surface area contributed by atoms with Gasteiger partial charge in [0.05, 0.1) is 5.25 Å². The summed E-state index contributed by atoms with van der Waals surface area (Å²) >= 11 is 1.34. The van der Waals surface area contributed by atoms with Gasteiger partial charge in [-0.1, -0.05) is 38.5 Å². The lowest BCUT2D eigenvalue weighted by Crippen LogP contribution is -2.46. The monoisotopic (exact) mass is 311 g/mol. The van der Waals surface area contributed by atoms with Gasteiger partial charge in [0.25, 0.3) is 0 Å². The first-order valence-corrected chi connectivity index (χ1v) is 8.42. The zero-order valence-electron chi connectivity index (χ0n) is 13.2. The van der Waals surface area contributed by atoms with Gasteiger partial charge in [-0.05, 0) is 32.1 Å². The molecule has 3 N–H and O–H groups in total. The number of carbonyl (C=O) groups is 1. The molecule has 6 nitrogen and oxygen atoms in total. The normalized spacial score (nSPS) is 27.3. The molecule has 0 spiro atoms. The zero-order chi connectivity index (χ0) is 15.6. The van der Waals surface area contributed by atoms with Gasteiger partial charge in [0.2, 0.25) is 11.1 Å². The number of rotatable bonds is 4. The maximum atomic E-state index is 12.4. The Morgan fingerprint density at radius 1 is 1.43 bits per heavy atom. The topological polar surface area (TPSA) is 85.8 Å². The van der Waals surface area contributed by atoms with Crippen molar-refractivity contribution in [3.8, 4) is 0 Å². The van der Waals surface area contributed by atoms with Gasteiger partial charge in [-0.15, -0.1) is 10.2 Å². The van der Waals surface area contributed by atoms with Crippen LogP contribution in [0.25, 0.3) is 0 Å². The highest BCUT2D eigenvalue weighted by Gasteiger charge is 2.29. The van der Waals surface area contributed by atoms with Crippen molar-refractivity contribution >= 4 is 17.7 Å². The van der Waals surface area contributed by atoms with E-state index in [0.717, 1.165) is 6.42 Å². The molecule has 7 heteroatoms. The molecule has 0 aromatic carbocycles. The molecule has 1 saturated carbocycles. The Kier molecular flexibility index (Phi) is 5.13. The molecule has 1 heterocycles. The van der Waals surface area contributed by atoms with Gasteiger partial charge < -0.3 is 11.2 Å². The summed E-state index contributed by atoms with van der Waals surface area (Å²) in [5.41, 5.74) is 0. The van der Waals surface area contributed by atoms with Crippen molar-refractivity contribution in [2.24, 2.45) is 11.8 Å². The molecule has 4 atom stereocenters. The molecule has 0 bridgehead atoms. The fourth-order valence-corrected chi connectivity index (χ4v) is 3.55. The van der Waals surface area contributed by atoms with Crippen LogP contribution in [0, 0.1) is 18.8 Å². The third-order valence-electron chi connectivity index (χ3n) is 4.52. The largest absolute Gasteiger partial charge is 0.352 e. The zero-order valence-corrected chi connectivity index (χ0v) is 14.0. The van der Waals surface area contributed by atoms with Gasteiger partial charge >= 0.3 is 0 Å². The van der Waals surface area contributed by atoms with Crippen molar-refractivity contribution in [1.29, 1.82) is 0 Å². The molecule has 1 fully saturated rings. The van der Waals surface area contributed by atoms with Crippen molar-refractivity contribution in [2.75, 3.05) is 5.84 Å². The molecule has 118 valence electrons. The minimum Gasteiger partial charge on any atom is -0.352 e. The number of nitrogen functional groups attached to an aromatic ring is 1. The van der Waals surface area contributed by atoms with Crippen LogP contribution in [0.1, 0.15) is 45.9 Å². The van der Waals surface area contributed by atoms with Crippen LogP contribution in [0.3, 0.4) is 0 Å². The maximum absolute atomic E-state index is 12.4. The average Bonchev–Trinajstić information content (AvgIpc) is 2.75. The van der Waals surface area contributed by atoms with Crippen molar-refractivity contribution < 1.29 is 4.79 Å². The first kappa shape index (κ1) is 16.1. The van der Waals surface area contributed by atoms with Gasteiger partial charge in [-0.25, -0.2) is 4.68 Å². The molecule has 1 aliphatic rings. The minimum absolute atomic E-state index is 0.0478. The molecule has 1 amide bonds. The lowest BCUT2D eigenvalue weighted by molar-refractivity contribution is -0.121.